The largest absolute Gasteiger partial charge is 0.480 e. The number of nitrogens with one attached hydrogen (secondary N) is 1. The number of benzene rings is 1. The van der Waals surface area contributed by atoms with Crippen molar-refractivity contribution in [2.75, 3.05) is 0 Å². The lowest BCUT2D eigenvalue weighted by Gasteiger charge is -2.37. The summed E-state index contributed by atoms with van der Waals surface area (Å²) in [6.45, 7) is 0. The quantitative estimate of drug-likeness (QED) is 0.346. The van der Waals surface area contributed by atoms with Crippen molar-refractivity contribution in [3.8, 4) is 5.75 Å². The van der Waals surface area contributed by atoms with Crippen molar-refractivity contribution < 1.29 is 24.4 Å². The number of thiazole rings is 1. The molecular weight excluding hydrogens is 372 g/mol. The number of hydrogen-bond donors (Lipinski definition) is 2. The number of nitro benzene ring substituents is 1. The fourth-order valence-corrected chi connectivity index (χ4v) is 5.51. The van der Waals surface area contributed by atoms with Gasteiger partial charge in [0.1, 0.15) is 11.0 Å². The van der Waals surface area contributed by atoms with Crippen LogP contribution in [0.2, 0.25) is 0 Å². The molecular formula is C14H8N2O7S2. The van der Waals surface area contributed by atoms with Crippen LogP contribution in [0.25, 0.3) is 0 Å². The summed E-state index contributed by atoms with van der Waals surface area (Å²) in [5.41, 5.74) is 0.131. The predicted molar refractivity (Wildman–Crippen MR) is 86.3 cm³/mol. The van der Waals surface area contributed by atoms with Gasteiger partial charge in [0, 0.05) is 28.5 Å². The Morgan fingerprint density at radius 2 is 2.12 bits per heavy atom. The molecule has 128 valence electrons. The van der Waals surface area contributed by atoms with Crippen LogP contribution in [0.1, 0.15) is 16.4 Å². The van der Waals surface area contributed by atoms with Gasteiger partial charge in [0.25, 0.3) is 5.69 Å². The van der Waals surface area contributed by atoms with E-state index in [1.54, 1.807) is 0 Å². The van der Waals surface area contributed by atoms with Crippen molar-refractivity contribution in [2.24, 2.45) is 5.92 Å². The Kier molecular flexibility index (Phi) is 3.44. The number of aliphatic carboxylic acids is 1. The Balaban J connectivity index is 1.98. The van der Waals surface area contributed by atoms with Crippen molar-refractivity contribution in [1.82, 2.24) is 4.98 Å². The number of carboxylic acids is 1. The molecule has 0 fully saturated rings. The van der Waals surface area contributed by atoms with E-state index in [9.17, 15) is 29.6 Å². The van der Waals surface area contributed by atoms with Gasteiger partial charge < -0.3 is 14.8 Å². The SMILES string of the molecule is O=C1Oc2ccc([N+](=O)[O-])cc2[C@@H]2c3sc(=O)[nH]c3S[C@@H](C(=O)O)[C@@H]12. The lowest BCUT2D eigenvalue weighted by atomic mass is 9.80. The summed E-state index contributed by atoms with van der Waals surface area (Å²) in [4.78, 5) is 49.0. The second kappa shape index (κ2) is 5.43. The number of carbonyl (C=O) groups excluding carboxylic acids is 1. The Labute approximate surface area is 146 Å². The van der Waals surface area contributed by atoms with E-state index in [-0.39, 0.29) is 16.3 Å². The highest BCUT2D eigenvalue weighted by molar-refractivity contribution is 8.00. The lowest BCUT2D eigenvalue weighted by molar-refractivity contribution is -0.385. The maximum atomic E-state index is 12.4. The molecule has 0 saturated carbocycles. The smallest absolute Gasteiger partial charge is 0.317 e. The average molecular weight is 380 g/mol. The van der Waals surface area contributed by atoms with Gasteiger partial charge in [-0.05, 0) is 6.07 Å². The summed E-state index contributed by atoms with van der Waals surface area (Å²) in [5.74, 6) is -3.66. The minimum atomic E-state index is -1.22. The molecule has 2 aromatic rings. The molecule has 11 heteroatoms. The molecule has 2 N–H and O–H groups in total. The van der Waals surface area contributed by atoms with E-state index in [1.165, 1.54) is 18.2 Å². The maximum absolute atomic E-state index is 12.4. The van der Waals surface area contributed by atoms with E-state index in [0.29, 0.717) is 15.5 Å². The van der Waals surface area contributed by atoms with Crippen molar-refractivity contribution in [3.63, 3.8) is 0 Å². The Hall–Kier alpha value is -2.66. The molecule has 25 heavy (non-hydrogen) atoms. The third-order valence-electron chi connectivity index (χ3n) is 4.12. The van der Waals surface area contributed by atoms with Gasteiger partial charge in [0.15, 0.2) is 0 Å². The van der Waals surface area contributed by atoms with Crippen LogP contribution in [-0.2, 0) is 9.59 Å². The molecule has 0 aliphatic carbocycles. The topological polar surface area (TPSA) is 140 Å². The molecule has 0 radical (unpaired) electrons. The van der Waals surface area contributed by atoms with Crippen LogP contribution in [0.15, 0.2) is 28.0 Å². The summed E-state index contributed by atoms with van der Waals surface area (Å²) in [6.07, 6.45) is 0. The van der Waals surface area contributed by atoms with Gasteiger partial charge in [-0.25, -0.2) is 0 Å². The molecule has 9 nitrogen and oxygen atoms in total. The highest BCUT2D eigenvalue weighted by atomic mass is 32.2. The molecule has 2 aliphatic heterocycles. The lowest BCUT2D eigenvalue weighted by Crippen LogP contribution is -2.44. The molecule has 2 aliphatic rings. The average Bonchev–Trinajstić information content (AvgIpc) is 2.93. The van der Waals surface area contributed by atoms with Crippen molar-refractivity contribution in [2.45, 2.75) is 16.2 Å². The second-order valence-corrected chi connectivity index (χ2v) is 7.65. The highest BCUT2D eigenvalue weighted by Gasteiger charge is 2.52. The number of thioether (sulfide) groups is 1. The molecule has 0 bridgehead atoms. The monoisotopic (exact) mass is 380 g/mol. The number of ether oxygens (including phenoxy) is 1. The molecule has 3 heterocycles. The third-order valence-corrected chi connectivity index (χ3v) is 6.52. The Morgan fingerprint density at radius 3 is 2.80 bits per heavy atom. The number of esters is 1. The third kappa shape index (κ3) is 2.35. The van der Waals surface area contributed by atoms with Gasteiger partial charge in [-0.1, -0.05) is 23.1 Å². The maximum Gasteiger partial charge on any atom is 0.317 e. The summed E-state index contributed by atoms with van der Waals surface area (Å²) in [7, 11) is 0. The number of nitrogens with zero attached hydrogens (tertiary/aromatic N) is 1. The first-order valence-electron chi connectivity index (χ1n) is 6.99. The van der Waals surface area contributed by atoms with Gasteiger partial charge in [0.05, 0.1) is 15.9 Å². The van der Waals surface area contributed by atoms with Gasteiger partial charge in [0.2, 0.25) is 0 Å². The van der Waals surface area contributed by atoms with Gasteiger partial charge >= 0.3 is 16.8 Å². The number of carboxylic acid groups (broad SMARTS) is 1. The fraction of sp³-hybridized carbons (Fsp3) is 0.214. The van der Waals surface area contributed by atoms with E-state index in [4.69, 9.17) is 4.74 Å². The van der Waals surface area contributed by atoms with Gasteiger partial charge in [-0.2, -0.15) is 0 Å². The number of hydrogen-bond acceptors (Lipinski definition) is 8. The number of nitro groups is 1. The zero-order valence-corrected chi connectivity index (χ0v) is 13.8. The first-order valence-corrected chi connectivity index (χ1v) is 8.69. The summed E-state index contributed by atoms with van der Waals surface area (Å²) < 4.78 is 5.22. The summed E-state index contributed by atoms with van der Waals surface area (Å²) in [6, 6.07) is 3.79. The number of aromatic nitrogens is 1. The van der Waals surface area contributed by atoms with E-state index < -0.39 is 33.9 Å². The zero-order valence-electron chi connectivity index (χ0n) is 12.1. The highest BCUT2D eigenvalue weighted by Crippen LogP contribution is 2.53. The van der Waals surface area contributed by atoms with Crippen LogP contribution >= 0.6 is 23.1 Å². The molecule has 0 amide bonds. The second-order valence-electron chi connectivity index (χ2n) is 5.49. The standard InChI is InChI=1S/C14H8N2O7S2/c17-12(18)10-8-7(9-11(24-10)15-14(20)25-9)5-3-4(16(21)22)1-2-6(5)23-13(8)19/h1-3,7-8,10H,(H,15,20)(H,17,18)/t7-,8-,10+/m0/s1. The van der Waals surface area contributed by atoms with Crippen LogP contribution in [0, 0.1) is 16.0 Å². The Bertz CT molecular complexity index is 995. The van der Waals surface area contributed by atoms with Crippen LogP contribution in [0.5, 0.6) is 5.75 Å². The molecule has 0 unspecified atom stereocenters. The zero-order chi connectivity index (χ0) is 17.9. The number of non-ortho nitro benzene ring substituents is 1. The van der Waals surface area contributed by atoms with Crippen molar-refractivity contribution >= 4 is 40.7 Å². The molecule has 4 rings (SSSR count). The van der Waals surface area contributed by atoms with Gasteiger partial charge in [-0.15, -0.1) is 0 Å². The number of carbonyl (C=O) groups is 2. The first-order chi connectivity index (χ1) is 11.9. The van der Waals surface area contributed by atoms with E-state index in [1.807, 2.05) is 0 Å². The molecule has 1 aromatic heterocycles. The summed E-state index contributed by atoms with van der Waals surface area (Å²) in [5, 5.41) is 19.8. The van der Waals surface area contributed by atoms with Crippen molar-refractivity contribution in [1.29, 1.82) is 0 Å². The van der Waals surface area contributed by atoms with Crippen LogP contribution in [0.3, 0.4) is 0 Å². The minimum absolute atomic E-state index is 0.139. The van der Waals surface area contributed by atoms with E-state index >= 15 is 0 Å². The van der Waals surface area contributed by atoms with Gasteiger partial charge in [-0.3, -0.25) is 24.5 Å². The Morgan fingerprint density at radius 1 is 1.36 bits per heavy atom. The predicted octanol–water partition coefficient (Wildman–Crippen LogP) is 1.57. The minimum Gasteiger partial charge on any atom is -0.480 e. The number of rotatable bonds is 2. The van der Waals surface area contributed by atoms with Crippen LogP contribution < -0.4 is 9.61 Å². The molecule has 1 aromatic carbocycles. The first kappa shape index (κ1) is 15.8. The van der Waals surface area contributed by atoms with E-state index in [0.717, 1.165) is 23.1 Å². The summed E-state index contributed by atoms with van der Waals surface area (Å²) >= 11 is 1.75. The van der Waals surface area contributed by atoms with Crippen molar-refractivity contribution in [3.05, 3.63) is 48.4 Å². The number of fused-ring (bicyclic) bond motifs is 5. The molecule has 0 spiro atoms. The fourth-order valence-electron chi connectivity index (χ4n) is 3.12. The van der Waals surface area contributed by atoms with Crippen LogP contribution in [0.4, 0.5) is 5.69 Å². The molecule has 3 atom stereocenters. The van der Waals surface area contributed by atoms with E-state index in [2.05, 4.69) is 4.98 Å². The molecule has 0 saturated heterocycles. The number of aromatic amines is 1. The van der Waals surface area contributed by atoms with Crippen LogP contribution in [-0.4, -0.2) is 32.2 Å². The normalized spacial score (nSPS) is 23.8. The number of H-pyrrole nitrogens is 1.